The van der Waals surface area contributed by atoms with E-state index in [4.69, 9.17) is 0 Å². The highest BCUT2D eigenvalue weighted by Gasteiger charge is 2.04. The lowest BCUT2D eigenvalue weighted by Gasteiger charge is -2.22. The van der Waals surface area contributed by atoms with Gasteiger partial charge in [-0.1, -0.05) is 19.9 Å². The van der Waals surface area contributed by atoms with Crippen molar-refractivity contribution in [3.05, 3.63) is 12.7 Å². The van der Waals surface area contributed by atoms with Crippen LogP contribution < -0.4 is 5.32 Å². The van der Waals surface area contributed by atoms with Crippen LogP contribution in [0.5, 0.6) is 0 Å². The molecule has 0 rings (SSSR count). The van der Waals surface area contributed by atoms with Crippen LogP contribution in [0.15, 0.2) is 17.6 Å². The molecule has 0 saturated carbocycles. The zero-order valence-corrected chi connectivity index (χ0v) is 11.3. The first-order valence-corrected chi connectivity index (χ1v) is 6.22. The largest absolute Gasteiger partial charge is 0.357 e. The van der Waals surface area contributed by atoms with E-state index in [0.29, 0.717) is 5.92 Å². The molecule has 1 N–H and O–H groups in total. The van der Waals surface area contributed by atoms with E-state index in [0.717, 1.165) is 38.4 Å². The monoisotopic (exact) mass is 225 g/mol. The molecule has 0 amide bonds. The van der Waals surface area contributed by atoms with Crippen LogP contribution in [0.2, 0.25) is 0 Å². The summed E-state index contributed by atoms with van der Waals surface area (Å²) in [5, 5.41) is 3.31. The molecule has 16 heavy (non-hydrogen) atoms. The average Bonchev–Trinajstić information content (AvgIpc) is 2.24. The molecular weight excluding hydrogens is 198 g/mol. The SMILES string of the molecule is C=CCCCN(C)C(=NCC(C)C)NCC. The Morgan fingerprint density at radius 3 is 2.69 bits per heavy atom. The van der Waals surface area contributed by atoms with Crippen LogP contribution in [0.3, 0.4) is 0 Å². The second-order valence-corrected chi connectivity index (χ2v) is 4.44. The second-order valence-electron chi connectivity index (χ2n) is 4.44. The summed E-state index contributed by atoms with van der Waals surface area (Å²) in [6.07, 6.45) is 4.16. The minimum Gasteiger partial charge on any atom is -0.357 e. The Labute approximate surface area is 101 Å². The molecule has 0 bridgehead atoms. The molecule has 0 aliphatic carbocycles. The van der Waals surface area contributed by atoms with Gasteiger partial charge in [0.15, 0.2) is 5.96 Å². The predicted molar refractivity (Wildman–Crippen MR) is 72.9 cm³/mol. The Balaban J connectivity index is 4.16. The van der Waals surface area contributed by atoms with Gasteiger partial charge in [-0.15, -0.1) is 6.58 Å². The van der Waals surface area contributed by atoms with Crippen molar-refractivity contribution in [2.24, 2.45) is 10.9 Å². The fourth-order valence-electron chi connectivity index (χ4n) is 1.32. The van der Waals surface area contributed by atoms with Crippen molar-refractivity contribution in [2.45, 2.75) is 33.6 Å². The van der Waals surface area contributed by atoms with Gasteiger partial charge in [-0.05, 0) is 25.7 Å². The number of nitrogens with one attached hydrogen (secondary N) is 1. The van der Waals surface area contributed by atoms with Crippen molar-refractivity contribution in [1.82, 2.24) is 10.2 Å². The van der Waals surface area contributed by atoms with Crippen molar-refractivity contribution < 1.29 is 0 Å². The Kier molecular flexibility index (Phi) is 8.68. The quantitative estimate of drug-likeness (QED) is 0.312. The number of hydrogen-bond acceptors (Lipinski definition) is 1. The van der Waals surface area contributed by atoms with Crippen LogP contribution in [0.25, 0.3) is 0 Å². The van der Waals surface area contributed by atoms with Crippen LogP contribution in [-0.4, -0.2) is 37.5 Å². The standard InChI is InChI=1S/C13H27N3/c1-6-8-9-10-16(5)13(14-7-2)15-11-12(3)4/h6,12H,1,7-11H2,2-5H3,(H,14,15). The van der Waals surface area contributed by atoms with Crippen LogP contribution in [-0.2, 0) is 0 Å². The number of rotatable bonds is 7. The maximum Gasteiger partial charge on any atom is 0.193 e. The van der Waals surface area contributed by atoms with Crippen LogP contribution in [0.1, 0.15) is 33.6 Å². The van der Waals surface area contributed by atoms with Crippen LogP contribution in [0.4, 0.5) is 0 Å². The highest BCUT2D eigenvalue weighted by molar-refractivity contribution is 5.79. The first kappa shape index (κ1) is 15.0. The highest BCUT2D eigenvalue weighted by atomic mass is 15.3. The molecule has 3 nitrogen and oxygen atoms in total. The zero-order valence-electron chi connectivity index (χ0n) is 11.3. The molecule has 0 aliphatic heterocycles. The number of hydrogen-bond donors (Lipinski definition) is 1. The van der Waals surface area contributed by atoms with E-state index in [1.165, 1.54) is 0 Å². The lowest BCUT2D eigenvalue weighted by Crippen LogP contribution is -2.39. The highest BCUT2D eigenvalue weighted by Crippen LogP contribution is 1.97. The van der Waals surface area contributed by atoms with Crippen LogP contribution >= 0.6 is 0 Å². The fourth-order valence-corrected chi connectivity index (χ4v) is 1.32. The van der Waals surface area contributed by atoms with E-state index in [-0.39, 0.29) is 0 Å². The maximum atomic E-state index is 4.60. The molecule has 0 aromatic rings. The molecule has 0 radical (unpaired) electrons. The summed E-state index contributed by atoms with van der Waals surface area (Å²) >= 11 is 0. The third kappa shape index (κ3) is 7.32. The van der Waals surface area contributed by atoms with Gasteiger partial charge >= 0.3 is 0 Å². The molecule has 0 heterocycles. The Bertz CT molecular complexity index is 209. The number of guanidine groups is 1. The number of aliphatic imine (C=N–C) groups is 1. The van der Waals surface area contributed by atoms with E-state index in [1.54, 1.807) is 0 Å². The van der Waals surface area contributed by atoms with Gasteiger partial charge < -0.3 is 10.2 Å². The van der Waals surface area contributed by atoms with Crippen molar-refractivity contribution >= 4 is 5.96 Å². The molecule has 94 valence electrons. The van der Waals surface area contributed by atoms with Gasteiger partial charge in [-0.2, -0.15) is 0 Å². The van der Waals surface area contributed by atoms with E-state index in [2.05, 4.69) is 49.6 Å². The summed E-state index contributed by atoms with van der Waals surface area (Å²) < 4.78 is 0. The molecular formula is C13H27N3. The molecule has 0 fully saturated rings. The first-order chi connectivity index (χ1) is 7.61. The van der Waals surface area contributed by atoms with Crippen molar-refractivity contribution in [2.75, 3.05) is 26.7 Å². The summed E-state index contributed by atoms with van der Waals surface area (Å²) in [6.45, 7) is 13.0. The van der Waals surface area contributed by atoms with Gasteiger partial charge in [0.05, 0.1) is 0 Å². The molecule has 3 heteroatoms. The van der Waals surface area contributed by atoms with Gasteiger partial charge in [-0.25, -0.2) is 0 Å². The lowest BCUT2D eigenvalue weighted by molar-refractivity contribution is 0.467. The normalized spacial score (nSPS) is 11.7. The predicted octanol–water partition coefficient (Wildman–Crippen LogP) is 2.51. The van der Waals surface area contributed by atoms with Crippen molar-refractivity contribution in [3.8, 4) is 0 Å². The third-order valence-electron chi connectivity index (χ3n) is 2.20. The van der Waals surface area contributed by atoms with E-state index in [1.807, 2.05) is 6.08 Å². The molecule has 0 aliphatic rings. The molecule has 0 atom stereocenters. The maximum absolute atomic E-state index is 4.60. The number of allylic oxidation sites excluding steroid dienone is 1. The first-order valence-electron chi connectivity index (χ1n) is 6.22. The van der Waals surface area contributed by atoms with Crippen LogP contribution in [0, 0.1) is 5.92 Å². The number of nitrogens with zero attached hydrogens (tertiary/aromatic N) is 2. The second kappa shape index (κ2) is 9.25. The smallest absolute Gasteiger partial charge is 0.193 e. The van der Waals surface area contributed by atoms with Crippen molar-refractivity contribution in [3.63, 3.8) is 0 Å². The van der Waals surface area contributed by atoms with Gasteiger partial charge in [0.25, 0.3) is 0 Å². The minimum atomic E-state index is 0.607. The summed E-state index contributed by atoms with van der Waals surface area (Å²) in [4.78, 5) is 6.79. The fraction of sp³-hybridized carbons (Fsp3) is 0.769. The molecule has 0 aromatic heterocycles. The van der Waals surface area contributed by atoms with E-state index in [9.17, 15) is 0 Å². The Hall–Kier alpha value is -0.990. The third-order valence-corrected chi connectivity index (χ3v) is 2.20. The average molecular weight is 225 g/mol. The molecule has 0 unspecified atom stereocenters. The molecule has 0 saturated heterocycles. The summed E-state index contributed by atoms with van der Waals surface area (Å²) in [7, 11) is 2.09. The van der Waals surface area contributed by atoms with Gasteiger partial charge in [0, 0.05) is 26.7 Å². The van der Waals surface area contributed by atoms with Gasteiger partial charge in [-0.3, -0.25) is 4.99 Å². The van der Waals surface area contributed by atoms with E-state index >= 15 is 0 Å². The number of unbranched alkanes of at least 4 members (excludes halogenated alkanes) is 1. The molecule has 0 aromatic carbocycles. The summed E-state index contributed by atoms with van der Waals surface area (Å²) in [6, 6.07) is 0. The zero-order chi connectivity index (χ0) is 12.4. The van der Waals surface area contributed by atoms with E-state index < -0.39 is 0 Å². The Morgan fingerprint density at radius 2 is 2.19 bits per heavy atom. The van der Waals surface area contributed by atoms with Gasteiger partial charge in [0.2, 0.25) is 0 Å². The Morgan fingerprint density at radius 1 is 1.50 bits per heavy atom. The topological polar surface area (TPSA) is 27.6 Å². The minimum absolute atomic E-state index is 0.607. The summed E-state index contributed by atoms with van der Waals surface area (Å²) in [5.41, 5.74) is 0. The molecule has 0 spiro atoms. The van der Waals surface area contributed by atoms with Gasteiger partial charge in [0.1, 0.15) is 0 Å². The summed E-state index contributed by atoms with van der Waals surface area (Å²) in [5.74, 6) is 1.62. The van der Waals surface area contributed by atoms with Crippen molar-refractivity contribution in [1.29, 1.82) is 0 Å². The lowest BCUT2D eigenvalue weighted by atomic mass is 10.2.